The Balaban J connectivity index is 2.25. The van der Waals surface area contributed by atoms with E-state index in [-0.39, 0.29) is 23.9 Å². The fourth-order valence-electron chi connectivity index (χ4n) is 2.03. The van der Waals surface area contributed by atoms with Crippen LogP contribution in [0.3, 0.4) is 0 Å². The Morgan fingerprint density at radius 1 is 1.28 bits per heavy atom. The molecule has 9 heteroatoms. The van der Waals surface area contributed by atoms with Gasteiger partial charge in [0.1, 0.15) is 12.3 Å². The van der Waals surface area contributed by atoms with Crippen LogP contribution in [-0.2, 0) is 11.3 Å². The number of carbonyl (C=O) groups is 2. The van der Waals surface area contributed by atoms with Crippen molar-refractivity contribution in [1.29, 1.82) is 0 Å². The molecule has 9 nitrogen and oxygen atoms in total. The van der Waals surface area contributed by atoms with Crippen molar-refractivity contribution >= 4 is 17.6 Å². The number of benzene rings is 1. The molecule has 0 aliphatic carbocycles. The number of aromatic amines is 1. The summed E-state index contributed by atoms with van der Waals surface area (Å²) in [5, 5.41) is 11.6. The summed E-state index contributed by atoms with van der Waals surface area (Å²) in [5.74, 6) is -1.42. The van der Waals surface area contributed by atoms with E-state index in [4.69, 9.17) is 9.84 Å². The average molecular weight is 347 g/mol. The Morgan fingerprint density at radius 3 is 2.60 bits per heavy atom. The van der Waals surface area contributed by atoms with Crippen LogP contribution in [-0.4, -0.2) is 32.6 Å². The van der Waals surface area contributed by atoms with E-state index in [0.29, 0.717) is 5.75 Å². The number of carboxylic acid groups (broad SMARTS) is 1. The number of carboxylic acids is 1. The Kier molecular flexibility index (Phi) is 5.38. The van der Waals surface area contributed by atoms with Crippen molar-refractivity contribution in [3.8, 4) is 5.75 Å². The largest absolute Gasteiger partial charge is 0.489 e. The van der Waals surface area contributed by atoms with Crippen molar-refractivity contribution < 1.29 is 19.4 Å². The Morgan fingerprint density at radius 2 is 2.00 bits per heavy atom. The summed E-state index contributed by atoms with van der Waals surface area (Å²) in [7, 11) is 0. The fraction of sp³-hybridized carbons (Fsp3) is 0.250. The number of aromatic nitrogens is 2. The summed E-state index contributed by atoms with van der Waals surface area (Å²) in [6, 6.07) is 5.20. The van der Waals surface area contributed by atoms with Crippen LogP contribution >= 0.6 is 0 Å². The minimum absolute atomic E-state index is 0.0207. The van der Waals surface area contributed by atoms with E-state index in [2.05, 4.69) is 5.32 Å². The average Bonchev–Trinajstić information content (AvgIpc) is 2.51. The molecule has 0 atom stereocenters. The summed E-state index contributed by atoms with van der Waals surface area (Å²) in [5.41, 5.74) is -1.13. The molecule has 0 bridgehead atoms. The maximum absolute atomic E-state index is 12.2. The van der Waals surface area contributed by atoms with E-state index < -0.39 is 23.1 Å². The molecule has 3 N–H and O–H groups in total. The maximum atomic E-state index is 12.2. The van der Waals surface area contributed by atoms with E-state index in [0.717, 1.165) is 10.6 Å². The number of ether oxygens (including phenoxy) is 1. The predicted octanol–water partition coefficient (Wildman–Crippen LogP) is 0.661. The van der Waals surface area contributed by atoms with E-state index >= 15 is 0 Å². The molecule has 1 amide bonds. The summed E-state index contributed by atoms with van der Waals surface area (Å²) in [6.07, 6.45) is 1.01. The molecule has 0 unspecified atom stereocenters. The predicted molar refractivity (Wildman–Crippen MR) is 89.1 cm³/mol. The monoisotopic (exact) mass is 347 g/mol. The molecular weight excluding hydrogens is 330 g/mol. The van der Waals surface area contributed by atoms with Crippen molar-refractivity contribution in [2.24, 2.45) is 0 Å². The lowest BCUT2D eigenvalue weighted by molar-refractivity contribution is -0.116. The van der Waals surface area contributed by atoms with Gasteiger partial charge in [-0.1, -0.05) is 0 Å². The lowest BCUT2D eigenvalue weighted by Gasteiger charge is -2.16. The summed E-state index contributed by atoms with van der Waals surface area (Å²) >= 11 is 0. The van der Waals surface area contributed by atoms with Gasteiger partial charge in [0, 0.05) is 12.3 Å². The number of amides is 1. The van der Waals surface area contributed by atoms with Gasteiger partial charge in [-0.2, -0.15) is 0 Å². The van der Waals surface area contributed by atoms with Gasteiger partial charge < -0.3 is 15.2 Å². The number of H-pyrrole nitrogens is 1. The number of carbonyl (C=O) groups excluding carboxylic acids is 1. The zero-order valence-electron chi connectivity index (χ0n) is 13.6. The standard InChI is InChI=1S/C16H17N3O6/c1-9(2)25-12-4-3-10(15(22)23)7-11(12)17-14(21)8-19-6-5-13(20)18-16(19)24/h3-7,9H,8H2,1-2H3,(H,17,21)(H,22,23)(H,18,20,24). The minimum Gasteiger partial charge on any atom is -0.489 e. The summed E-state index contributed by atoms with van der Waals surface area (Å²) in [6.45, 7) is 3.22. The molecule has 25 heavy (non-hydrogen) atoms. The molecule has 1 heterocycles. The van der Waals surface area contributed by atoms with Gasteiger partial charge in [0.15, 0.2) is 0 Å². The van der Waals surface area contributed by atoms with Gasteiger partial charge in [-0.3, -0.25) is 19.1 Å². The Bertz CT molecular complexity index is 913. The number of nitrogens with zero attached hydrogens (tertiary/aromatic N) is 1. The normalized spacial score (nSPS) is 10.5. The van der Waals surface area contributed by atoms with Gasteiger partial charge in [0.2, 0.25) is 5.91 Å². The fourth-order valence-corrected chi connectivity index (χ4v) is 2.03. The quantitative estimate of drug-likeness (QED) is 0.704. The SMILES string of the molecule is CC(C)Oc1ccc(C(=O)O)cc1NC(=O)Cn1ccc(=O)[nH]c1=O. The number of rotatable bonds is 6. The topological polar surface area (TPSA) is 130 Å². The van der Waals surface area contributed by atoms with E-state index in [1.165, 1.54) is 24.4 Å². The van der Waals surface area contributed by atoms with Gasteiger partial charge >= 0.3 is 11.7 Å². The molecule has 0 aliphatic heterocycles. The number of nitrogens with one attached hydrogen (secondary N) is 2. The van der Waals surface area contributed by atoms with E-state index in [9.17, 15) is 19.2 Å². The number of hydrogen-bond acceptors (Lipinski definition) is 5. The van der Waals surface area contributed by atoms with Crippen LogP contribution in [0.1, 0.15) is 24.2 Å². The lowest BCUT2D eigenvalue weighted by atomic mass is 10.2. The second kappa shape index (κ2) is 7.47. The first-order chi connectivity index (χ1) is 11.8. The second-order valence-corrected chi connectivity index (χ2v) is 5.47. The van der Waals surface area contributed by atoms with Crippen LogP contribution in [0.15, 0.2) is 40.1 Å². The first kappa shape index (κ1) is 18.0. The third kappa shape index (κ3) is 4.80. The van der Waals surface area contributed by atoms with Crippen LogP contribution in [0.4, 0.5) is 5.69 Å². The van der Waals surface area contributed by atoms with Crippen LogP contribution in [0, 0.1) is 0 Å². The van der Waals surface area contributed by atoms with Crippen molar-refractivity contribution in [1.82, 2.24) is 9.55 Å². The molecule has 2 rings (SSSR count). The van der Waals surface area contributed by atoms with Crippen LogP contribution in [0.5, 0.6) is 5.75 Å². The summed E-state index contributed by atoms with van der Waals surface area (Å²) < 4.78 is 6.56. The van der Waals surface area contributed by atoms with Gasteiger partial charge in [-0.05, 0) is 32.0 Å². The van der Waals surface area contributed by atoms with Crippen molar-refractivity contribution in [2.75, 3.05) is 5.32 Å². The molecular formula is C16H17N3O6. The zero-order chi connectivity index (χ0) is 18.6. The van der Waals surface area contributed by atoms with Gasteiger partial charge in [-0.15, -0.1) is 0 Å². The van der Waals surface area contributed by atoms with Gasteiger partial charge in [0.25, 0.3) is 5.56 Å². The van der Waals surface area contributed by atoms with E-state index in [1.54, 1.807) is 13.8 Å². The van der Waals surface area contributed by atoms with E-state index in [1.807, 2.05) is 4.98 Å². The molecule has 0 saturated heterocycles. The Labute approximate surface area is 141 Å². The maximum Gasteiger partial charge on any atom is 0.335 e. The molecule has 0 fully saturated rings. The minimum atomic E-state index is -1.15. The highest BCUT2D eigenvalue weighted by Gasteiger charge is 2.14. The lowest BCUT2D eigenvalue weighted by Crippen LogP contribution is -2.32. The van der Waals surface area contributed by atoms with Crippen LogP contribution < -0.4 is 21.3 Å². The first-order valence-corrected chi connectivity index (χ1v) is 7.40. The molecule has 0 aliphatic rings. The number of aromatic carboxylic acids is 1. The van der Waals surface area contributed by atoms with Crippen LogP contribution in [0.2, 0.25) is 0 Å². The third-order valence-corrected chi connectivity index (χ3v) is 3.07. The molecule has 132 valence electrons. The molecule has 2 aromatic rings. The molecule has 0 spiro atoms. The highest BCUT2D eigenvalue weighted by Crippen LogP contribution is 2.27. The smallest absolute Gasteiger partial charge is 0.335 e. The number of hydrogen-bond donors (Lipinski definition) is 3. The highest BCUT2D eigenvalue weighted by molar-refractivity contribution is 5.95. The molecule has 1 aromatic heterocycles. The van der Waals surface area contributed by atoms with Gasteiger partial charge in [0.05, 0.1) is 17.4 Å². The second-order valence-electron chi connectivity index (χ2n) is 5.47. The highest BCUT2D eigenvalue weighted by atomic mass is 16.5. The zero-order valence-corrected chi connectivity index (χ0v) is 13.6. The van der Waals surface area contributed by atoms with Crippen molar-refractivity contribution in [3.05, 3.63) is 56.9 Å². The van der Waals surface area contributed by atoms with Crippen molar-refractivity contribution in [3.63, 3.8) is 0 Å². The van der Waals surface area contributed by atoms with Gasteiger partial charge in [-0.25, -0.2) is 9.59 Å². The number of anilines is 1. The Hall–Kier alpha value is -3.36. The summed E-state index contributed by atoms with van der Waals surface area (Å²) in [4.78, 5) is 48.0. The third-order valence-electron chi connectivity index (χ3n) is 3.07. The van der Waals surface area contributed by atoms with Crippen LogP contribution in [0.25, 0.3) is 0 Å². The van der Waals surface area contributed by atoms with Crippen molar-refractivity contribution in [2.45, 2.75) is 26.5 Å². The first-order valence-electron chi connectivity index (χ1n) is 7.40. The molecule has 1 aromatic carbocycles. The molecule has 0 radical (unpaired) electrons. The molecule has 0 saturated carbocycles.